The number of halogens is 1. The summed E-state index contributed by atoms with van der Waals surface area (Å²) in [5.74, 6) is 2.28. The maximum Gasteiger partial charge on any atom is 0.417 e. The second-order valence-electron chi connectivity index (χ2n) is 4.95. The molecule has 7 heteroatoms. The largest absolute Gasteiger partial charge is 0.486 e. The smallest absolute Gasteiger partial charge is 0.417 e. The van der Waals surface area contributed by atoms with Gasteiger partial charge in [-0.3, -0.25) is 4.52 Å². The van der Waals surface area contributed by atoms with Crippen molar-refractivity contribution in [3.63, 3.8) is 0 Å². The maximum absolute atomic E-state index is 5.55. The van der Waals surface area contributed by atoms with Gasteiger partial charge in [0, 0.05) is 16.0 Å². The van der Waals surface area contributed by atoms with E-state index in [1.807, 2.05) is 26.0 Å². The highest BCUT2D eigenvalue weighted by molar-refractivity contribution is 9.10. The molecule has 1 aliphatic rings. The molecule has 0 radical (unpaired) electrons. The number of aromatic nitrogens is 2. The molecule has 0 unspecified atom stereocenters. The molecule has 0 atom stereocenters. The van der Waals surface area contributed by atoms with Crippen LogP contribution in [0.5, 0.6) is 17.6 Å². The van der Waals surface area contributed by atoms with Crippen LogP contribution >= 0.6 is 15.9 Å². The quantitative estimate of drug-likeness (QED) is 0.838. The summed E-state index contributed by atoms with van der Waals surface area (Å²) in [7, 11) is 0. The molecule has 1 aromatic carbocycles. The molecule has 21 heavy (non-hydrogen) atoms. The summed E-state index contributed by atoms with van der Waals surface area (Å²) in [5.41, 5.74) is 0.920. The molecule has 0 saturated carbocycles. The van der Waals surface area contributed by atoms with Gasteiger partial charge < -0.3 is 14.2 Å². The molecule has 3 rings (SSSR count). The molecule has 0 N–H and O–H groups in total. The minimum absolute atomic E-state index is 0.167. The Balaban J connectivity index is 1.72. The monoisotopic (exact) mass is 354 g/mol. The van der Waals surface area contributed by atoms with Crippen molar-refractivity contribution < 1.29 is 18.7 Å². The topological polar surface area (TPSA) is 66.6 Å². The van der Waals surface area contributed by atoms with Crippen LogP contribution in [0.2, 0.25) is 0 Å². The number of nitrogens with zero attached hydrogens (tertiary/aromatic N) is 2. The Morgan fingerprint density at radius 2 is 1.95 bits per heavy atom. The summed E-state index contributed by atoms with van der Waals surface area (Å²) in [6.45, 7) is 5.40. The zero-order valence-electron chi connectivity index (χ0n) is 11.8. The Labute approximate surface area is 130 Å². The molecule has 112 valence electrons. The van der Waals surface area contributed by atoms with E-state index < -0.39 is 0 Å². The summed E-state index contributed by atoms with van der Waals surface area (Å²) in [4.78, 5) is 4.17. The standard InChI is InChI=1S/C14H15BrN2O4/c1-8(2)13-16-14(21-17-13)20-7-9-5-11-12(6-10(9)15)19-4-3-18-11/h5-6,8H,3-4,7H2,1-2H3. The van der Waals surface area contributed by atoms with Gasteiger partial charge in [0.15, 0.2) is 17.3 Å². The van der Waals surface area contributed by atoms with Gasteiger partial charge in [0.2, 0.25) is 0 Å². The third-order valence-electron chi connectivity index (χ3n) is 3.00. The van der Waals surface area contributed by atoms with Crippen molar-refractivity contribution in [3.8, 4) is 17.6 Å². The van der Waals surface area contributed by atoms with Crippen LogP contribution in [0.3, 0.4) is 0 Å². The molecule has 2 heterocycles. The van der Waals surface area contributed by atoms with Crippen LogP contribution in [-0.2, 0) is 6.61 Å². The average molecular weight is 355 g/mol. The van der Waals surface area contributed by atoms with Crippen molar-refractivity contribution in [2.75, 3.05) is 13.2 Å². The summed E-state index contributed by atoms with van der Waals surface area (Å²) >= 11 is 3.50. The van der Waals surface area contributed by atoms with Gasteiger partial charge in [-0.1, -0.05) is 34.9 Å². The maximum atomic E-state index is 5.55. The van der Waals surface area contributed by atoms with Gasteiger partial charge >= 0.3 is 6.08 Å². The van der Waals surface area contributed by atoms with E-state index in [9.17, 15) is 0 Å². The van der Waals surface area contributed by atoms with E-state index in [2.05, 4.69) is 26.1 Å². The van der Waals surface area contributed by atoms with Crippen LogP contribution in [0, 0.1) is 0 Å². The molecule has 1 aromatic heterocycles. The molecule has 1 aliphatic heterocycles. The Morgan fingerprint density at radius 3 is 2.62 bits per heavy atom. The van der Waals surface area contributed by atoms with E-state index in [0.717, 1.165) is 21.5 Å². The zero-order valence-corrected chi connectivity index (χ0v) is 13.3. The Hall–Kier alpha value is -1.76. The highest BCUT2D eigenvalue weighted by atomic mass is 79.9. The molecule has 0 spiro atoms. The van der Waals surface area contributed by atoms with E-state index in [1.54, 1.807) is 0 Å². The molecule has 0 fully saturated rings. The average Bonchev–Trinajstić information content (AvgIpc) is 2.94. The SMILES string of the molecule is CC(C)c1noc(OCc2cc3c(cc2Br)OCCO3)n1. The van der Waals surface area contributed by atoms with Crippen LogP contribution in [0.4, 0.5) is 0 Å². The zero-order chi connectivity index (χ0) is 14.8. The highest BCUT2D eigenvalue weighted by Gasteiger charge is 2.16. The van der Waals surface area contributed by atoms with Crippen LogP contribution in [-0.4, -0.2) is 23.4 Å². The summed E-state index contributed by atoms with van der Waals surface area (Å²) < 4.78 is 22.5. The van der Waals surface area contributed by atoms with Crippen LogP contribution < -0.4 is 14.2 Å². The Kier molecular flexibility index (Phi) is 4.01. The lowest BCUT2D eigenvalue weighted by Crippen LogP contribution is -2.15. The van der Waals surface area contributed by atoms with Gasteiger partial charge in [0.1, 0.15) is 19.8 Å². The van der Waals surface area contributed by atoms with Crippen molar-refractivity contribution in [1.29, 1.82) is 0 Å². The first-order valence-electron chi connectivity index (χ1n) is 6.68. The molecule has 0 amide bonds. The van der Waals surface area contributed by atoms with Crippen LogP contribution in [0.15, 0.2) is 21.1 Å². The van der Waals surface area contributed by atoms with Crippen molar-refractivity contribution in [1.82, 2.24) is 10.1 Å². The van der Waals surface area contributed by atoms with Crippen LogP contribution in [0.1, 0.15) is 31.2 Å². The van der Waals surface area contributed by atoms with Crippen molar-refractivity contribution >= 4 is 15.9 Å². The lowest BCUT2D eigenvalue weighted by Gasteiger charge is -2.19. The van der Waals surface area contributed by atoms with Gasteiger partial charge in [-0.2, -0.15) is 4.98 Å². The summed E-state index contributed by atoms with van der Waals surface area (Å²) in [6, 6.07) is 3.76. The van der Waals surface area contributed by atoms with E-state index in [4.69, 9.17) is 18.7 Å². The van der Waals surface area contributed by atoms with Crippen molar-refractivity contribution in [2.45, 2.75) is 26.4 Å². The van der Waals surface area contributed by atoms with E-state index in [0.29, 0.717) is 25.6 Å². The molecular formula is C14H15BrN2O4. The number of fused-ring (bicyclic) bond motifs is 1. The lowest BCUT2D eigenvalue weighted by atomic mass is 10.2. The van der Waals surface area contributed by atoms with Crippen molar-refractivity contribution in [2.24, 2.45) is 0 Å². The molecule has 2 aromatic rings. The fourth-order valence-corrected chi connectivity index (χ4v) is 2.31. The number of hydrogen-bond donors (Lipinski definition) is 0. The third kappa shape index (κ3) is 3.12. The predicted octanol–water partition coefficient (Wildman–Crippen LogP) is 3.31. The summed E-state index contributed by atoms with van der Waals surface area (Å²) in [6.07, 6.45) is 0.167. The molecule has 6 nitrogen and oxygen atoms in total. The highest BCUT2D eigenvalue weighted by Crippen LogP contribution is 2.35. The second-order valence-corrected chi connectivity index (χ2v) is 5.80. The van der Waals surface area contributed by atoms with Gasteiger partial charge in [-0.25, -0.2) is 0 Å². The van der Waals surface area contributed by atoms with Gasteiger partial charge in [-0.15, -0.1) is 0 Å². The first-order chi connectivity index (χ1) is 10.1. The molecule has 0 saturated heterocycles. The van der Waals surface area contributed by atoms with Gasteiger partial charge in [0.05, 0.1) is 0 Å². The minimum atomic E-state index is 0.167. The first kappa shape index (κ1) is 14.2. The number of benzene rings is 1. The number of ether oxygens (including phenoxy) is 3. The lowest BCUT2D eigenvalue weighted by molar-refractivity contribution is 0.169. The minimum Gasteiger partial charge on any atom is -0.486 e. The van der Waals surface area contributed by atoms with E-state index in [1.165, 1.54) is 0 Å². The van der Waals surface area contributed by atoms with E-state index >= 15 is 0 Å². The Morgan fingerprint density at radius 1 is 1.24 bits per heavy atom. The summed E-state index contributed by atoms with van der Waals surface area (Å²) in [5, 5.41) is 3.85. The number of hydrogen-bond acceptors (Lipinski definition) is 6. The predicted molar refractivity (Wildman–Crippen MR) is 77.9 cm³/mol. The first-order valence-corrected chi connectivity index (χ1v) is 7.47. The Bertz CT molecular complexity index is 642. The van der Waals surface area contributed by atoms with Crippen molar-refractivity contribution in [3.05, 3.63) is 28.0 Å². The fraction of sp³-hybridized carbons (Fsp3) is 0.429. The third-order valence-corrected chi connectivity index (χ3v) is 3.74. The van der Waals surface area contributed by atoms with Gasteiger partial charge in [-0.05, 0) is 12.1 Å². The molecule has 0 bridgehead atoms. The van der Waals surface area contributed by atoms with E-state index in [-0.39, 0.29) is 12.0 Å². The normalized spacial score (nSPS) is 13.5. The molecular weight excluding hydrogens is 340 g/mol. The number of rotatable bonds is 4. The van der Waals surface area contributed by atoms with Gasteiger partial charge in [0.25, 0.3) is 0 Å². The van der Waals surface area contributed by atoms with Crippen LogP contribution in [0.25, 0.3) is 0 Å². The fourth-order valence-electron chi connectivity index (χ4n) is 1.87. The molecule has 0 aliphatic carbocycles. The second kappa shape index (κ2) is 5.93.